The summed E-state index contributed by atoms with van der Waals surface area (Å²) in [5.74, 6) is 1.40. The second-order valence-corrected chi connectivity index (χ2v) is 6.50. The number of carbonyl (C=O) groups excluding carboxylic acids is 1. The van der Waals surface area contributed by atoms with Crippen LogP contribution in [0.3, 0.4) is 0 Å². The SMILES string of the molecule is CC1CCNC(C(=O)NCC(C)(C)C(C)C)C1. The third kappa shape index (κ3) is 4.30. The van der Waals surface area contributed by atoms with Crippen molar-refractivity contribution in [3.63, 3.8) is 0 Å². The maximum Gasteiger partial charge on any atom is 0.237 e. The molecule has 17 heavy (non-hydrogen) atoms. The first-order valence-electron chi connectivity index (χ1n) is 6.84. The monoisotopic (exact) mass is 240 g/mol. The summed E-state index contributed by atoms with van der Waals surface area (Å²) in [5, 5.41) is 6.40. The Bertz CT molecular complexity index is 261. The first kappa shape index (κ1) is 14.5. The number of rotatable bonds is 4. The number of nitrogens with one attached hydrogen (secondary N) is 2. The minimum atomic E-state index is 0.0155. The first-order valence-corrected chi connectivity index (χ1v) is 6.84. The van der Waals surface area contributed by atoms with Crippen LogP contribution in [0, 0.1) is 17.3 Å². The van der Waals surface area contributed by atoms with Crippen molar-refractivity contribution in [1.29, 1.82) is 0 Å². The average Bonchev–Trinajstić information content (AvgIpc) is 2.25. The molecule has 3 nitrogen and oxygen atoms in total. The molecular formula is C14H28N2O. The van der Waals surface area contributed by atoms with Gasteiger partial charge in [-0.05, 0) is 36.6 Å². The fourth-order valence-corrected chi connectivity index (χ4v) is 1.95. The molecule has 0 aromatic rings. The average molecular weight is 240 g/mol. The molecule has 0 aromatic heterocycles. The van der Waals surface area contributed by atoms with Gasteiger partial charge in [-0.25, -0.2) is 0 Å². The van der Waals surface area contributed by atoms with E-state index >= 15 is 0 Å². The highest BCUT2D eigenvalue weighted by atomic mass is 16.2. The van der Waals surface area contributed by atoms with E-state index in [1.165, 1.54) is 6.42 Å². The summed E-state index contributed by atoms with van der Waals surface area (Å²) in [4.78, 5) is 12.0. The third-order valence-electron chi connectivity index (χ3n) is 4.26. The van der Waals surface area contributed by atoms with Crippen LogP contribution in [-0.4, -0.2) is 25.0 Å². The van der Waals surface area contributed by atoms with Crippen molar-refractivity contribution in [2.45, 2.75) is 53.5 Å². The number of hydrogen-bond donors (Lipinski definition) is 2. The highest BCUT2D eigenvalue weighted by Gasteiger charge is 2.27. The van der Waals surface area contributed by atoms with Gasteiger partial charge < -0.3 is 10.6 Å². The Kier molecular flexibility index (Phi) is 4.99. The lowest BCUT2D eigenvalue weighted by molar-refractivity contribution is -0.124. The Morgan fingerprint density at radius 2 is 2.12 bits per heavy atom. The second kappa shape index (κ2) is 5.85. The van der Waals surface area contributed by atoms with Crippen molar-refractivity contribution in [1.82, 2.24) is 10.6 Å². The molecule has 100 valence electrons. The van der Waals surface area contributed by atoms with Crippen LogP contribution in [0.15, 0.2) is 0 Å². The molecule has 2 atom stereocenters. The summed E-state index contributed by atoms with van der Waals surface area (Å²) in [7, 11) is 0. The molecule has 1 rings (SSSR count). The van der Waals surface area contributed by atoms with E-state index in [4.69, 9.17) is 0 Å². The molecule has 1 aliphatic rings. The largest absolute Gasteiger partial charge is 0.354 e. The maximum atomic E-state index is 12.0. The van der Waals surface area contributed by atoms with Gasteiger partial charge in [0, 0.05) is 6.54 Å². The van der Waals surface area contributed by atoms with Crippen molar-refractivity contribution in [2.24, 2.45) is 17.3 Å². The van der Waals surface area contributed by atoms with Gasteiger partial charge >= 0.3 is 0 Å². The predicted molar refractivity (Wildman–Crippen MR) is 71.8 cm³/mol. The lowest BCUT2D eigenvalue weighted by Gasteiger charge is -2.32. The van der Waals surface area contributed by atoms with E-state index in [0.717, 1.165) is 19.5 Å². The Hall–Kier alpha value is -0.570. The van der Waals surface area contributed by atoms with E-state index in [1.54, 1.807) is 0 Å². The number of carbonyl (C=O) groups is 1. The minimum Gasteiger partial charge on any atom is -0.354 e. The number of piperidine rings is 1. The van der Waals surface area contributed by atoms with E-state index in [9.17, 15) is 4.79 Å². The van der Waals surface area contributed by atoms with Crippen molar-refractivity contribution < 1.29 is 4.79 Å². The minimum absolute atomic E-state index is 0.0155. The van der Waals surface area contributed by atoms with Crippen molar-refractivity contribution in [3.05, 3.63) is 0 Å². The van der Waals surface area contributed by atoms with E-state index < -0.39 is 0 Å². The van der Waals surface area contributed by atoms with Gasteiger partial charge in [-0.1, -0.05) is 34.6 Å². The molecular weight excluding hydrogens is 212 g/mol. The zero-order valence-corrected chi connectivity index (χ0v) is 12.0. The molecule has 1 aliphatic heterocycles. The molecule has 2 N–H and O–H groups in total. The first-order chi connectivity index (χ1) is 7.83. The van der Waals surface area contributed by atoms with Crippen LogP contribution < -0.4 is 10.6 Å². The Labute approximate surface area is 106 Å². The standard InChI is InChI=1S/C14H28N2O/c1-10(2)14(4,5)9-16-13(17)12-8-11(3)6-7-15-12/h10-12,15H,6-9H2,1-5H3,(H,16,17). The molecule has 0 aliphatic carbocycles. The topological polar surface area (TPSA) is 41.1 Å². The summed E-state index contributed by atoms with van der Waals surface area (Å²) < 4.78 is 0. The van der Waals surface area contributed by atoms with Crippen LogP contribution in [0.5, 0.6) is 0 Å². The van der Waals surface area contributed by atoms with E-state index in [-0.39, 0.29) is 17.4 Å². The molecule has 3 heteroatoms. The smallest absolute Gasteiger partial charge is 0.237 e. The zero-order valence-electron chi connectivity index (χ0n) is 12.0. The van der Waals surface area contributed by atoms with Crippen molar-refractivity contribution >= 4 is 5.91 Å². The van der Waals surface area contributed by atoms with Gasteiger partial charge in [0.15, 0.2) is 0 Å². The molecule has 2 unspecified atom stereocenters. The predicted octanol–water partition coefficient (Wildman–Crippen LogP) is 2.17. The van der Waals surface area contributed by atoms with Crippen LogP contribution in [0.2, 0.25) is 0 Å². The quantitative estimate of drug-likeness (QED) is 0.791. The molecule has 0 saturated carbocycles. The fourth-order valence-electron chi connectivity index (χ4n) is 1.95. The van der Waals surface area contributed by atoms with Gasteiger partial charge in [0.1, 0.15) is 0 Å². The summed E-state index contributed by atoms with van der Waals surface area (Å²) in [6, 6.07) is 0.0155. The van der Waals surface area contributed by atoms with E-state index in [1.807, 2.05) is 0 Å². The van der Waals surface area contributed by atoms with Gasteiger partial charge in [-0.15, -0.1) is 0 Å². The van der Waals surface area contributed by atoms with Crippen LogP contribution in [-0.2, 0) is 4.79 Å². The van der Waals surface area contributed by atoms with E-state index in [2.05, 4.69) is 45.3 Å². The van der Waals surface area contributed by atoms with Gasteiger partial charge in [0.05, 0.1) is 6.04 Å². The molecule has 0 spiro atoms. The van der Waals surface area contributed by atoms with Gasteiger partial charge in [-0.2, -0.15) is 0 Å². The molecule has 0 aromatic carbocycles. The van der Waals surface area contributed by atoms with Crippen LogP contribution >= 0.6 is 0 Å². The maximum absolute atomic E-state index is 12.0. The van der Waals surface area contributed by atoms with Gasteiger partial charge in [0.2, 0.25) is 5.91 Å². The molecule has 1 saturated heterocycles. The normalized spacial score (nSPS) is 26.0. The highest BCUT2D eigenvalue weighted by molar-refractivity contribution is 5.81. The summed E-state index contributed by atoms with van der Waals surface area (Å²) in [5.41, 5.74) is 0.163. The lowest BCUT2D eigenvalue weighted by atomic mass is 9.81. The van der Waals surface area contributed by atoms with Gasteiger partial charge in [-0.3, -0.25) is 4.79 Å². The van der Waals surface area contributed by atoms with Crippen molar-refractivity contribution in [2.75, 3.05) is 13.1 Å². The van der Waals surface area contributed by atoms with Gasteiger partial charge in [0.25, 0.3) is 0 Å². The Morgan fingerprint density at radius 3 is 2.65 bits per heavy atom. The van der Waals surface area contributed by atoms with E-state index in [0.29, 0.717) is 11.8 Å². The van der Waals surface area contributed by atoms with Crippen LogP contribution in [0.25, 0.3) is 0 Å². The highest BCUT2D eigenvalue weighted by Crippen LogP contribution is 2.24. The van der Waals surface area contributed by atoms with Crippen LogP contribution in [0.1, 0.15) is 47.5 Å². The molecule has 0 radical (unpaired) electrons. The lowest BCUT2D eigenvalue weighted by Crippen LogP contribution is -2.50. The van der Waals surface area contributed by atoms with Crippen molar-refractivity contribution in [3.8, 4) is 0 Å². The third-order valence-corrected chi connectivity index (χ3v) is 4.26. The molecule has 1 amide bonds. The number of amides is 1. The summed E-state index contributed by atoms with van der Waals surface area (Å²) in [6.45, 7) is 12.8. The molecule has 1 fully saturated rings. The Morgan fingerprint density at radius 1 is 1.47 bits per heavy atom. The summed E-state index contributed by atoms with van der Waals surface area (Å²) >= 11 is 0. The summed E-state index contributed by atoms with van der Waals surface area (Å²) in [6.07, 6.45) is 2.15. The second-order valence-electron chi connectivity index (χ2n) is 6.50. The van der Waals surface area contributed by atoms with Crippen LogP contribution in [0.4, 0.5) is 0 Å². The molecule has 1 heterocycles. The fraction of sp³-hybridized carbons (Fsp3) is 0.929. The number of hydrogen-bond acceptors (Lipinski definition) is 2. The molecule has 0 bridgehead atoms. The Balaban J connectivity index is 2.39. The zero-order chi connectivity index (χ0) is 13.1.